The molecule has 0 saturated carbocycles. The van der Waals surface area contributed by atoms with Crippen molar-refractivity contribution in [1.29, 1.82) is 0 Å². The molecule has 1 aromatic carbocycles. The van der Waals surface area contributed by atoms with E-state index in [1.807, 2.05) is 30.3 Å². The summed E-state index contributed by atoms with van der Waals surface area (Å²) in [7, 11) is 0. The van der Waals surface area contributed by atoms with Gasteiger partial charge in [-0.15, -0.1) is 11.3 Å². The Morgan fingerprint density at radius 1 is 1.35 bits per heavy atom. The second-order valence-electron chi connectivity index (χ2n) is 3.35. The van der Waals surface area contributed by atoms with Gasteiger partial charge in [-0.25, -0.2) is 5.10 Å². The summed E-state index contributed by atoms with van der Waals surface area (Å²) >= 11 is 1.43. The van der Waals surface area contributed by atoms with Gasteiger partial charge in [-0.1, -0.05) is 23.3 Å². The minimum absolute atomic E-state index is 0.218. The number of nitrogens with one attached hydrogen (secondary N) is 2. The molecular weight excluding hydrogens is 238 g/mol. The average Bonchev–Trinajstić information content (AvgIpc) is 2.96. The van der Waals surface area contributed by atoms with Gasteiger partial charge < -0.3 is 0 Å². The van der Waals surface area contributed by atoms with E-state index in [4.69, 9.17) is 0 Å². The van der Waals surface area contributed by atoms with Crippen molar-refractivity contribution in [3.63, 3.8) is 0 Å². The number of nitrogens with zero attached hydrogens (tertiary/aromatic N) is 3. The highest BCUT2D eigenvalue weighted by Crippen LogP contribution is 2.25. The van der Waals surface area contributed by atoms with E-state index in [9.17, 15) is 4.79 Å². The molecule has 2 aromatic heterocycles. The number of hydrogen-bond acceptors (Lipinski definition) is 5. The lowest BCUT2D eigenvalue weighted by atomic mass is 10.2. The number of tetrazole rings is 1. The molecule has 0 saturated heterocycles. The Morgan fingerprint density at radius 3 is 3.00 bits per heavy atom. The van der Waals surface area contributed by atoms with Crippen molar-refractivity contribution in [2.24, 2.45) is 0 Å². The number of thiophene rings is 1. The third kappa shape index (κ3) is 1.87. The summed E-state index contributed by atoms with van der Waals surface area (Å²) in [4.78, 5) is 12.5. The maximum absolute atomic E-state index is 11.9. The molecule has 0 radical (unpaired) electrons. The van der Waals surface area contributed by atoms with Gasteiger partial charge in [-0.05, 0) is 27.9 Å². The van der Waals surface area contributed by atoms with Gasteiger partial charge in [0.2, 0.25) is 5.95 Å². The first kappa shape index (κ1) is 9.91. The van der Waals surface area contributed by atoms with E-state index in [0.717, 1.165) is 10.1 Å². The Labute approximate surface area is 99.7 Å². The third-order valence-electron chi connectivity index (χ3n) is 2.23. The van der Waals surface area contributed by atoms with Crippen LogP contribution in [0.4, 0.5) is 5.95 Å². The molecule has 7 heteroatoms. The summed E-state index contributed by atoms with van der Waals surface area (Å²) in [5, 5.41) is 16.5. The number of benzene rings is 1. The zero-order valence-electron chi connectivity index (χ0n) is 8.54. The van der Waals surface area contributed by atoms with Crippen LogP contribution in [0.2, 0.25) is 0 Å². The molecule has 0 unspecified atom stereocenters. The number of fused-ring (bicyclic) bond motifs is 1. The number of amides is 1. The van der Waals surface area contributed by atoms with Crippen LogP contribution in [0.25, 0.3) is 10.1 Å². The highest BCUT2D eigenvalue weighted by Gasteiger charge is 2.11. The molecule has 84 valence electrons. The van der Waals surface area contributed by atoms with Crippen molar-refractivity contribution >= 4 is 33.3 Å². The molecule has 2 heterocycles. The minimum Gasteiger partial charge on any atom is -0.289 e. The molecule has 0 aliphatic heterocycles. The van der Waals surface area contributed by atoms with Gasteiger partial charge in [0.25, 0.3) is 5.91 Å². The van der Waals surface area contributed by atoms with Crippen molar-refractivity contribution in [3.8, 4) is 0 Å². The summed E-state index contributed by atoms with van der Waals surface area (Å²) in [5.41, 5.74) is 0. The standard InChI is InChI=1S/C10H7N5OS/c16-9(11-10-12-14-15-13-10)8-5-6-3-1-2-4-7(6)17-8/h1-5H,(H2,11,12,13,14,15,16). The van der Waals surface area contributed by atoms with E-state index in [2.05, 4.69) is 25.9 Å². The maximum Gasteiger partial charge on any atom is 0.268 e. The number of hydrogen-bond donors (Lipinski definition) is 2. The number of carbonyl (C=O) groups is 1. The maximum atomic E-state index is 11.9. The van der Waals surface area contributed by atoms with Gasteiger partial charge in [0.1, 0.15) is 0 Å². The number of anilines is 1. The lowest BCUT2D eigenvalue weighted by molar-refractivity contribution is 0.102. The number of H-pyrrole nitrogens is 1. The van der Waals surface area contributed by atoms with E-state index < -0.39 is 0 Å². The summed E-state index contributed by atoms with van der Waals surface area (Å²) in [6.45, 7) is 0. The Bertz CT molecular complexity index is 627. The zero-order valence-corrected chi connectivity index (χ0v) is 9.36. The Hall–Kier alpha value is -2.28. The van der Waals surface area contributed by atoms with Crippen LogP contribution in [0.1, 0.15) is 9.67 Å². The highest BCUT2D eigenvalue weighted by atomic mass is 32.1. The topological polar surface area (TPSA) is 83.6 Å². The fourth-order valence-electron chi connectivity index (χ4n) is 1.48. The van der Waals surface area contributed by atoms with Crippen LogP contribution in [-0.4, -0.2) is 26.5 Å². The van der Waals surface area contributed by atoms with Crippen LogP contribution in [0.15, 0.2) is 30.3 Å². The van der Waals surface area contributed by atoms with E-state index in [0.29, 0.717) is 4.88 Å². The molecule has 17 heavy (non-hydrogen) atoms. The van der Waals surface area contributed by atoms with Gasteiger partial charge in [-0.2, -0.15) is 0 Å². The molecule has 0 aliphatic carbocycles. The molecule has 0 atom stereocenters. The van der Waals surface area contributed by atoms with Gasteiger partial charge in [-0.3, -0.25) is 10.1 Å². The lowest BCUT2D eigenvalue weighted by Crippen LogP contribution is -2.11. The largest absolute Gasteiger partial charge is 0.289 e. The van der Waals surface area contributed by atoms with Crippen LogP contribution in [0.5, 0.6) is 0 Å². The molecule has 0 bridgehead atoms. The average molecular weight is 245 g/mol. The molecule has 0 fully saturated rings. The van der Waals surface area contributed by atoms with Crippen LogP contribution >= 0.6 is 11.3 Å². The quantitative estimate of drug-likeness (QED) is 0.719. The van der Waals surface area contributed by atoms with Gasteiger partial charge in [0, 0.05) is 4.70 Å². The smallest absolute Gasteiger partial charge is 0.268 e. The molecular formula is C10H7N5OS. The van der Waals surface area contributed by atoms with E-state index in [-0.39, 0.29) is 11.9 Å². The molecule has 3 rings (SSSR count). The monoisotopic (exact) mass is 245 g/mol. The Kier molecular flexibility index (Phi) is 2.30. The molecule has 2 N–H and O–H groups in total. The first-order valence-corrected chi connectivity index (χ1v) is 5.68. The molecule has 0 spiro atoms. The summed E-state index contributed by atoms with van der Waals surface area (Å²) in [5.74, 6) is 0.0252. The van der Waals surface area contributed by atoms with Crippen molar-refractivity contribution in [3.05, 3.63) is 35.2 Å². The fraction of sp³-hybridized carbons (Fsp3) is 0. The van der Waals surface area contributed by atoms with Crippen LogP contribution < -0.4 is 5.32 Å². The summed E-state index contributed by atoms with van der Waals surface area (Å²) < 4.78 is 1.08. The third-order valence-corrected chi connectivity index (χ3v) is 3.34. The van der Waals surface area contributed by atoms with Crippen molar-refractivity contribution in [2.45, 2.75) is 0 Å². The van der Waals surface area contributed by atoms with Crippen LogP contribution in [-0.2, 0) is 0 Å². The second-order valence-corrected chi connectivity index (χ2v) is 4.44. The Balaban J connectivity index is 1.90. The van der Waals surface area contributed by atoms with E-state index in [1.165, 1.54) is 11.3 Å². The summed E-state index contributed by atoms with van der Waals surface area (Å²) in [6, 6.07) is 9.68. The second kappa shape index (κ2) is 3.95. The first-order valence-electron chi connectivity index (χ1n) is 4.86. The first-order chi connectivity index (χ1) is 8.33. The van der Waals surface area contributed by atoms with Crippen LogP contribution in [0, 0.1) is 0 Å². The molecule has 0 aliphatic rings. The zero-order chi connectivity index (χ0) is 11.7. The predicted octanol–water partition coefficient (Wildman–Crippen LogP) is 1.67. The highest BCUT2D eigenvalue weighted by molar-refractivity contribution is 7.20. The van der Waals surface area contributed by atoms with Crippen LogP contribution in [0.3, 0.4) is 0 Å². The normalized spacial score (nSPS) is 10.6. The minimum atomic E-state index is -0.218. The number of carbonyl (C=O) groups excluding carboxylic acids is 1. The SMILES string of the molecule is O=C(Nc1nnn[nH]1)c1cc2ccccc2s1. The predicted molar refractivity (Wildman–Crippen MR) is 64.0 cm³/mol. The van der Waals surface area contributed by atoms with Gasteiger partial charge in [0.05, 0.1) is 4.88 Å². The van der Waals surface area contributed by atoms with Crippen molar-refractivity contribution in [2.75, 3.05) is 5.32 Å². The van der Waals surface area contributed by atoms with E-state index in [1.54, 1.807) is 0 Å². The number of aromatic amines is 1. The molecule has 3 aromatic rings. The lowest BCUT2D eigenvalue weighted by Gasteiger charge is -1.95. The number of aromatic nitrogens is 4. The Morgan fingerprint density at radius 2 is 2.24 bits per heavy atom. The molecule has 1 amide bonds. The van der Waals surface area contributed by atoms with Crippen molar-refractivity contribution < 1.29 is 4.79 Å². The van der Waals surface area contributed by atoms with Gasteiger partial charge in [0.15, 0.2) is 0 Å². The fourth-order valence-corrected chi connectivity index (χ4v) is 2.43. The van der Waals surface area contributed by atoms with Crippen molar-refractivity contribution in [1.82, 2.24) is 20.6 Å². The van der Waals surface area contributed by atoms with Gasteiger partial charge >= 0.3 is 0 Å². The number of rotatable bonds is 2. The molecule has 6 nitrogen and oxygen atoms in total. The van der Waals surface area contributed by atoms with E-state index >= 15 is 0 Å². The summed E-state index contributed by atoms with van der Waals surface area (Å²) in [6.07, 6.45) is 0.